The van der Waals surface area contributed by atoms with E-state index in [-0.39, 0.29) is 23.8 Å². The number of fused-ring (bicyclic) bond motifs is 1. The molecule has 138 valence electrons. The second kappa shape index (κ2) is 8.32. The van der Waals surface area contributed by atoms with Crippen LogP contribution < -0.4 is 10.6 Å². The Balaban J connectivity index is 1.62. The molecular weight excluding hydrogens is 334 g/mol. The molecule has 0 spiro atoms. The second-order valence-corrected chi connectivity index (χ2v) is 8.31. The molecule has 3 atom stereocenters. The van der Waals surface area contributed by atoms with Crippen molar-refractivity contribution < 1.29 is 9.59 Å². The summed E-state index contributed by atoms with van der Waals surface area (Å²) in [5, 5.41) is 8.54. The van der Waals surface area contributed by atoms with Crippen LogP contribution >= 0.6 is 11.3 Å². The highest BCUT2D eigenvalue weighted by Gasteiger charge is 2.31. The third-order valence-corrected chi connectivity index (χ3v) is 6.33. The Morgan fingerprint density at radius 1 is 1.48 bits per heavy atom. The molecule has 0 aromatic carbocycles. The van der Waals surface area contributed by atoms with Gasteiger partial charge in [-0.3, -0.25) is 9.59 Å². The molecule has 1 aromatic rings. The van der Waals surface area contributed by atoms with E-state index in [4.69, 9.17) is 0 Å². The van der Waals surface area contributed by atoms with Gasteiger partial charge in [-0.05, 0) is 56.2 Å². The van der Waals surface area contributed by atoms with Gasteiger partial charge in [-0.25, -0.2) is 0 Å². The molecule has 0 aliphatic carbocycles. The van der Waals surface area contributed by atoms with Gasteiger partial charge in [0.1, 0.15) is 6.04 Å². The molecule has 6 heteroatoms. The van der Waals surface area contributed by atoms with Gasteiger partial charge in [0.2, 0.25) is 11.8 Å². The predicted octanol–water partition coefficient (Wildman–Crippen LogP) is 2.31. The highest BCUT2D eigenvalue weighted by Crippen LogP contribution is 2.25. The summed E-state index contributed by atoms with van der Waals surface area (Å²) in [7, 11) is 0. The number of hydrogen-bond acceptors (Lipinski definition) is 4. The molecule has 2 aliphatic heterocycles. The number of carbonyl (C=O) groups is 2. The minimum Gasteiger partial charge on any atom is -0.344 e. The monoisotopic (exact) mass is 363 g/mol. The fourth-order valence-corrected chi connectivity index (χ4v) is 4.75. The van der Waals surface area contributed by atoms with Gasteiger partial charge in [0.25, 0.3) is 0 Å². The summed E-state index contributed by atoms with van der Waals surface area (Å²) in [5.74, 6) is 0.149. The summed E-state index contributed by atoms with van der Waals surface area (Å²) < 4.78 is 0. The lowest BCUT2D eigenvalue weighted by Crippen LogP contribution is -2.52. The fourth-order valence-electron chi connectivity index (χ4n) is 3.86. The second-order valence-electron chi connectivity index (χ2n) is 7.31. The van der Waals surface area contributed by atoms with Gasteiger partial charge in [-0.2, -0.15) is 0 Å². The zero-order valence-electron chi connectivity index (χ0n) is 15.2. The molecule has 2 N–H and O–H groups in total. The SMILES string of the molecule is CCCC(NC(=O)[C@H]1CCN[C@@H](C)C1)C(=O)N1CCc2sccc2C1. The maximum atomic E-state index is 13.0. The molecule has 3 rings (SSSR count). The largest absolute Gasteiger partial charge is 0.344 e. The smallest absolute Gasteiger partial charge is 0.245 e. The summed E-state index contributed by atoms with van der Waals surface area (Å²) >= 11 is 1.77. The first-order valence-electron chi connectivity index (χ1n) is 9.46. The summed E-state index contributed by atoms with van der Waals surface area (Å²) in [6.45, 7) is 6.48. The van der Waals surface area contributed by atoms with Crippen molar-refractivity contribution in [1.29, 1.82) is 0 Å². The fraction of sp³-hybridized carbons (Fsp3) is 0.684. The van der Waals surface area contributed by atoms with Crippen LogP contribution in [-0.4, -0.2) is 41.9 Å². The van der Waals surface area contributed by atoms with Crippen molar-refractivity contribution in [3.63, 3.8) is 0 Å². The minimum absolute atomic E-state index is 0.0215. The van der Waals surface area contributed by atoms with Crippen LogP contribution in [0.25, 0.3) is 0 Å². The number of thiophene rings is 1. The summed E-state index contributed by atoms with van der Waals surface area (Å²) in [5.41, 5.74) is 1.26. The maximum Gasteiger partial charge on any atom is 0.245 e. The van der Waals surface area contributed by atoms with Crippen molar-refractivity contribution in [3.8, 4) is 0 Å². The molecule has 1 saturated heterocycles. The van der Waals surface area contributed by atoms with Crippen LogP contribution in [0.5, 0.6) is 0 Å². The normalized spacial score (nSPS) is 24.5. The van der Waals surface area contributed by atoms with Crippen molar-refractivity contribution in [2.75, 3.05) is 13.1 Å². The Hall–Kier alpha value is -1.40. The van der Waals surface area contributed by atoms with Gasteiger partial charge >= 0.3 is 0 Å². The number of carbonyl (C=O) groups excluding carboxylic acids is 2. The standard InChI is InChI=1S/C19H29N3O2S/c1-3-4-16(21-18(23)14-5-8-20-13(2)11-14)19(24)22-9-6-17-15(12-22)7-10-25-17/h7,10,13-14,16,20H,3-6,8-9,11-12H2,1-2H3,(H,21,23)/t13-,14-,16?/m0/s1. The number of nitrogens with zero attached hydrogens (tertiary/aromatic N) is 1. The summed E-state index contributed by atoms with van der Waals surface area (Å²) in [6, 6.07) is 2.09. The third-order valence-electron chi connectivity index (χ3n) is 5.31. The molecule has 0 saturated carbocycles. The van der Waals surface area contributed by atoms with E-state index in [0.717, 1.165) is 38.8 Å². The minimum atomic E-state index is -0.386. The average Bonchev–Trinajstić information content (AvgIpc) is 3.08. The van der Waals surface area contributed by atoms with Crippen LogP contribution in [-0.2, 0) is 22.6 Å². The number of piperidine rings is 1. The molecule has 0 radical (unpaired) electrons. The van der Waals surface area contributed by atoms with Gasteiger partial charge < -0.3 is 15.5 Å². The first-order valence-corrected chi connectivity index (χ1v) is 10.3. The lowest BCUT2D eigenvalue weighted by atomic mass is 9.92. The summed E-state index contributed by atoms with van der Waals surface area (Å²) in [6.07, 6.45) is 4.22. The topological polar surface area (TPSA) is 61.4 Å². The highest BCUT2D eigenvalue weighted by atomic mass is 32.1. The van der Waals surface area contributed by atoms with Crippen molar-refractivity contribution >= 4 is 23.2 Å². The highest BCUT2D eigenvalue weighted by molar-refractivity contribution is 7.10. The Morgan fingerprint density at radius 3 is 3.08 bits per heavy atom. The average molecular weight is 364 g/mol. The van der Waals surface area contributed by atoms with Gasteiger partial charge in [0.05, 0.1) is 0 Å². The van der Waals surface area contributed by atoms with Crippen molar-refractivity contribution in [1.82, 2.24) is 15.5 Å². The first kappa shape index (κ1) is 18.4. The molecule has 5 nitrogen and oxygen atoms in total. The maximum absolute atomic E-state index is 13.0. The van der Waals surface area contributed by atoms with Crippen LogP contribution in [0, 0.1) is 5.92 Å². The van der Waals surface area contributed by atoms with Crippen LogP contribution in [0.3, 0.4) is 0 Å². The van der Waals surface area contributed by atoms with Gasteiger partial charge in [0, 0.05) is 29.9 Å². The number of hydrogen-bond donors (Lipinski definition) is 2. The lowest BCUT2D eigenvalue weighted by molar-refractivity contribution is -0.138. The van der Waals surface area contributed by atoms with E-state index in [1.807, 2.05) is 4.90 Å². The van der Waals surface area contributed by atoms with Gasteiger partial charge in [-0.1, -0.05) is 13.3 Å². The van der Waals surface area contributed by atoms with E-state index in [9.17, 15) is 9.59 Å². The van der Waals surface area contributed by atoms with Crippen LogP contribution in [0.15, 0.2) is 11.4 Å². The summed E-state index contributed by atoms with van der Waals surface area (Å²) in [4.78, 5) is 29.0. The number of rotatable bonds is 5. The quantitative estimate of drug-likeness (QED) is 0.844. The first-order chi connectivity index (χ1) is 12.1. The molecule has 1 unspecified atom stereocenters. The van der Waals surface area contributed by atoms with Crippen molar-refractivity contribution in [2.24, 2.45) is 5.92 Å². The Morgan fingerprint density at radius 2 is 2.32 bits per heavy atom. The Labute approximate surface area is 154 Å². The molecule has 3 heterocycles. The van der Waals surface area contributed by atoms with Gasteiger partial charge in [-0.15, -0.1) is 11.3 Å². The van der Waals surface area contributed by atoms with E-state index in [1.165, 1.54) is 10.4 Å². The zero-order chi connectivity index (χ0) is 17.8. The van der Waals surface area contributed by atoms with E-state index >= 15 is 0 Å². The Bertz CT molecular complexity index is 616. The van der Waals surface area contributed by atoms with Crippen LogP contribution in [0.2, 0.25) is 0 Å². The van der Waals surface area contributed by atoms with E-state index < -0.39 is 0 Å². The van der Waals surface area contributed by atoms with E-state index in [1.54, 1.807) is 11.3 Å². The third kappa shape index (κ3) is 4.42. The van der Waals surface area contributed by atoms with E-state index in [0.29, 0.717) is 19.0 Å². The van der Waals surface area contributed by atoms with Gasteiger partial charge in [0.15, 0.2) is 0 Å². The molecule has 1 fully saturated rings. The van der Waals surface area contributed by atoms with Crippen LogP contribution in [0.1, 0.15) is 50.0 Å². The lowest BCUT2D eigenvalue weighted by Gasteiger charge is -2.32. The molecular formula is C19H29N3O2S. The number of amides is 2. The zero-order valence-corrected chi connectivity index (χ0v) is 16.0. The molecule has 25 heavy (non-hydrogen) atoms. The molecule has 1 aromatic heterocycles. The predicted molar refractivity (Wildman–Crippen MR) is 100 cm³/mol. The molecule has 2 amide bonds. The Kier molecular flexibility index (Phi) is 6.12. The van der Waals surface area contributed by atoms with E-state index in [2.05, 4.69) is 35.9 Å². The molecule has 0 bridgehead atoms. The molecule has 2 aliphatic rings. The van der Waals surface area contributed by atoms with Crippen LogP contribution in [0.4, 0.5) is 0 Å². The van der Waals surface area contributed by atoms with Crippen molar-refractivity contribution in [2.45, 2.75) is 64.6 Å². The van der Waals surface area contributed by atoms with Crippen molar-refractivity contribution in [3.05, 3.63) is 21.9 Å². The number of nitrogens with one attached hydrogen (secondary N) is 2.